The minimum atomic E-state index is 0.386. The van der Waals surface area contributed by atoms with Crippen LogP contribution in [-0.2, 0) is 0 Å². The molecular weight excluding hydrogens is 373 g/mol. The van der Waals surface area contributed by atoms with Gasteiger partial charge in [0.05, 0.1) is 9.26 Å². The van der Waals surface area contributed by atoms with Gasteiger partial charge in [-0.3, -0.25) is 0 Å². The molecule has 1 aromatic heterocycles. The second-order valence-electron chi connectivity index (χ2n) is 5.90. The number of hydrogen-bond donors (Lipinski definition) is 1. The predicted octanol–water partition coefficient (Wildman–Crippen LogP) is 4.79. The SMILES string of the molecule is CNc1nc(-c2ccc(C3CC3)cc2)nc(C(C)C)c1I. The number of aromatic nitrogens is 2. The molecule has 1 aromatic carbocycles. The van der Waals surface area contributed by atoms with Crippen LogP contribution < -0.4 is 5.32 Å². The summed E-state index contributed by atoms with van der Waals surface area (Å²) in [7, 11) is 1.91. The molecule has 0 spiro atoms. The highest BCUT2D eigenvalue weighted by atomic mass is 127. The first-order chi connectivity index (χ1) is 10.1. The van der Waals surface area contributed by atoms with Crippen LogP contribution >= 0.6 is 22.6 Å². The summed E-state index contributed by atoms with van der Waals surface area (Å²) in [5.74, 6) is 2.90. The molecular formula is C17H20IN3. The number of anilines is 1. The van der Waals surface area contributed by atoms with E-state index in [0.29, 0.717) is 5.92 Å². The number of halogens is 1. The molecule has 1 heterocycles. The van der Waals surface area contributed by atoms with Gasteiger partial charge in [-0.1, -0.05) is 38.1 Å². The molecule has 1 fully saturated rings. The smallest absolute Gasteiger partial charge is 0.161 e. The summed E-state index contributed by atoms with van der Waals surface area (Å²) < 4.78 is 1.11. The lowest BCUT2D eigenvalue weighted by molar-refractivity contribution is 0.809. The third kappa shape index (κ3) is 3.05. The van der Waals surface area contributed by atoms with Crippen LogP contribution in [-0.4, -0.2) is 17.0 Å². The second kappa shape index (κ2) is 5.91. The van der Waals surface area contributed by atoms with Crippen molar-refractivity contribution in [2.75, 3.05) is 12.4 Å². The van der Waals surface area contributed by atoms with E-state index in [0.717, 1.165) is 32.4 Å². The van der Waals surface area contributed by atoms with Crippen molar-refractivity contribution >= 4 is 28.4 Å². The number of benzene rings is 1. The van der Waals surface area contributed by atoms with Crippen LogP contribution in [0.3, 0.4) is 0 Å². The first-order valence-electron chi connectivity index (χ1n) is 7.45. The molecule has 2 aromatic rings. The van der Waals surface area contributed by atoms with Crippen LogP contribution in [0.4, 0.5) is 5.82 Å². The van der Waals surface area contributed by atoms with Crippen LogP contribution in [0, 0.1) is 3.57 Å². The second-order valence-corrected chi connectivity index (χ2v) is 6.97. The van der Waals surface area contributed by atoms with Crippen molar-refractivity contribution in [3.63, 3.8) is 0 Å². The zero-order valence-electron chi connectivity index (χ0n) is 12.7. The summed E-state index contributed by atoms with van der Waals surface area (Å²) in [5.41, 5.74) is 3.65. The van der Waals surface area contributed by atoms with E-state index in [1.165, 1.54) is 18.4 Å². The van der Waals surface area contributed by atoms with Crippen LogP contribution in [0.5, 0.6) is 0 Å². The maximum atomic E-state index is 4.78. The minimum absolute atomic E-state index is 0.386. The zero-order valence-corrected chi connectivity index (χ0v) is 14.8. The molecule has 4 heteroatoms. The third-order valence-electron chi connectivity index (χ3n) is 3.88. The fourth-order valence-corrected chi connectivity index (χ4v) is 3.60. The Labute approximate surface area is 139 Å². The van der Waals surface area contributed by atoms with Crippen molar-refractivity contribution in [2.24, 2.45) is 0 Å². The van der Waals surface area contributed by atoms with E-state index in [1.54, 1.807) is 0 Å². The van der Waals surface area contributed by atoms with Crippen LogP contribution in [0.1, 0.15) is 49.8 Å². The fourth-order valence-electron chi connectivity index (χ4n) is 2.46. The Morgan fingerprint density at radius 2 is 1.81 bits per heavy atom. The Kier molecular flexibility index (Phi) is 4.15. The van der Waals surface area contributed by atoms with Crippen LogP contribution in [0.2, 0.25) is 0 Å². The molecule has 0 radical (unpaired) electrons. The quantitative estimate of drug-likeness (QED) is 0.759. The molecule has 0 unspecified atom stereocenters. The molecule has 1 saturated carbocycles. The highest BCUT2D eigenvalue weighted by Crippen LogP contribution is 2.40. The lowest BCUT2D eigenvalue weighted by atomic mass is 10.1. The van der Waals surface area contributed by atoms with E-state index in [4.69, 9.17) is 4.98 Å². The molecule has 0 atom stereocenters. The van der Waals surface area contributed by atoms with E-state index >= 15 is 0 Å². The van der Waals surface area contributed by atoms with Crippen molar-refractivity contribution in [3.05, 3.63) is 39.1 Å². The molecule has 3 nitrogen and oxygen atoms in total. The average molecular weight is 393 g/mol. The van der Waals surface area contributed by atoms with Crippen molar-refractivity contribution in [2.45, 2.75) is 38.5 Å². The van der Waals surface area contributed by atoms with Gasteiger partial charge in [0, 0.05) is 12.6 Å². The molecule has 1 N–H and O–H groups in total. The van der Waals surface area contributed by atoms with Crippen molar-refractivity contribution in [1.29, 1.82) is 0 Å². The van der Waals surface area contributed by atoms with Crippen LogP contribution in [0.25, 0.3) is 11.4 Å². The van der Waals surface area contributed by atoms with Crippen molar-refractivity contribution in [1.82, 2.24) is 9.97 Å². The maximum absolute atomic E-state index is 4.78. The molecule has 110 valence electrons. The van der Waals surface area contributed by atoms with E-state index < -0.39 is 0 Å². The van der Waals surface area contributed by atoms with E-state index in [2.05, 4.69) is 71.0 Å². The Morgan fingerprint density at radius 3 is 2.33 bits per heavy atom. The van der Waals surface area contributed by atoms with Crippen molar-refractivity contribution < 1.29 is 0 Å². The van der Waals surface area contributed by atoms with E-state index in [-0.39, 0.29) is 0 Å². The summed E-state index contributed by atoms with van der Waals surface area (Å²) in [6.07, 6.45) is 2.67. The standard InChI is InChI=1S/C17H20IN3/c1-10(2)15-14(18)17(19-3)21-16(20-15)13-8-6-12(7-9-13)11-4-5-11/h6-11H,4-5H2,1-3H3,(H,19,20,21). The number of hydrogen-bond acceptors (Lipinski definition) is 3. The van der Waals surface area contributed by atoms with Gasteiger partial charge >= 0.3 is 0 Å². The molecule has 0 amide bonds. The Bertz CT molecular complexity index is 646. The monoisotopic (exact) mass is 393 g/mol. The topological polar surface area (TPSA) is 37.8 Å². The van der Waals surface area contributed by atoms with Gasteiger partial charge < -0.3 is 5.32 Å². The summed E-state index contributed by atoms with van der Waals surface area (Å²) in [6, 6.07) is 8.75. The van der Waals surface area contributed by atoms with Gasteiger partial charge in [-0.2, -0.15) is 0 Å². The molecule has 1 aliphatic rings. The number of nitrogens with one attached hydrogen (secondary N) is 1. The van der Waals surface area contributed by atoms with Gasteiger partial charge in [-0.25, -0.2) is 9.97 Å². The highest BCUT2D eigenvalue weighted by Gasteiger charge is 2.23. The zero-order chi connectivity index (χ0) is 15.0. The average Bonchev–Trinajstić information content (AvgIpc) is 3.32. The summed E-state index contributed by atoms with van der Waals surface area (Å²) in [6.45, 7) is 4.34. The number of rotatable bonds is 4. The lowest BCUT2D eigenvalue weighted by Crippen LogP contribution is -2.06. The van der Waals surface area contributed by atoms with Gasteiger partial charge in [-0.05, 0) is 52.8 Å². The molecule has 3 rings (SSSR count). The summed E-state index contributed by atoms with van der Waals surface area (Å²) in [5, 5.41) is 3.18. The Hall–Kier alpha value is -1.17. The van der Waals surface area contributed by atoms with E-state index in [9.17, 15) is 0 Å². The first-order valence-corrected chi connectivity index (χ1v) is 8.53. The van der Waals surface area contributed by atoms with Gasteiger partial charge in [0.2, 0.25) is 0 Å². The summed E-state index contributed by atoms with van der Waals surface area (Å²) >= 11 is 2.33. The fraction of sp³-hybridized carbons (Fsp3) is 0.412. The highest BCUT2D eigenvalue weighted by molar-refractivity contribution is 14.1. The van der Waals surface area contributed by atoms with Gasteiger partial charge in [0.1, 0.15) is 5.82 Å². The number of nitrogens with zero attached hydrogens (tertiary/aromatic N) is 2. The maximum Gasteiger partial charge on any atom is 0.161 e. The normalized spacial score (nSPS) is 14.5. The Balaban J connectivity index is 2.02. The molecule has 21 heavy (non-hydrogen) atoms. The Morgan fingerprint density at radius 1 is 1.14 bits per heavy atom. The molecule has 1 aliphatic carbocycles. The first kappa shape index (κ1) is 14.8. The third-order valence-corrected chi connectivity index (χ3v) is 4.94. The predicted molar refractivity (Wildman–Crippen MR) is 95.8 cm³/mol. The van der Waals surface area contributed by atoms with E-state index in [1.807, 2.05) is 7.05 Å². The van der Waals surface area contributed by atoms with Gasteiger partial charge in [-0.15, -0.1) is 0 Å². The minimum Gasteiger partial charge on any atom is -0.372 e. The van der Waals surface area contributed by atoms with Gasteiger partial charge in [0.25, 0.3) is 0 Å². The molecule has 0 saturated heterocycles. The largest absolute Gasteiger partial charge is 0.372 e. The van der Waals surface area contributed by atoms with Crippen molar-refractivity contribution in [3.8, 4) is 11.4 Å². The molecule has 0 aliphatic heterocycles. The van der Waals surface area contributed by atoms with Gasteiger partial charge in [0.15, 0.2) is 5.82 Å². The lowest BCUT2D eigenvalue weighted by Gasteiger charge is -2.13. The molecule has 0 bridgehead atoms. The van der Waals surface area contributed by atoms with Crippen LogP contribution in [0.15, 0.2) is 24.3 Å². The summed E-state index contributed by atoms with van der Waals surface area (Å²) in [4.78, 5) is 9.45.